The van der Waals surface area contributed by atoms with Gasteiger partial charge in [0.1, 0.15) is 0 Å². The van der Waals surface area contributed by atoms with Gasteiger partial charge in [-0.05, 0) is 46.3 Å². The summed E-state index contributed by atoms with van der Waals surface area (Å²) in [5.41, 5.74) is 1.95. The maximum atomic E-state index is 4.12. The Morgan fingerprint density at radius 1 is 0.739 bits per heavy atom. The first-order valence-corrected chi connectivity index (χ1v) is 7.63. The van der Waals surface area contributed by atoms with Crippen LogP contribution in [0.3, 0.4) is 0 Å². The minimum Gasteiger partial charge on any atom is -0.262 e. The van der Waals surface area contributed by atoms with Crippen molar-refractivity contribution in [3.63, 3.8) is 0 Å². The van der Waals surface area contributed by atoms with Crippen LogP contribution in [0.2, 0.25) is 0 Å². The van der Waals surface area contributed by atoms with E-state index in [0.717, 1.165) is 15.8 Å². The van der Waals surface area contributed by atoms with E-state index in [2.05, 4.69) is 36.1 Å². The van der Waals surface area contributed by atoms with Crippen LogP contribution < -0.4 is 0 Å². The zero-order valence-corrected chi connectivity index (χ0v) is 13.7. The highest BCUT2D eigenvalue weighted by molar-refractivity contribution is 9.10. The van der Waals surface area contributed by atoms with Gasteiger partial charge in [-0.2, -0.15) is 10.2 Å². The zero-order valence-electron chi connectivity index (χ0n) is 12.1. The Hall–Kier alpha value is -2.80. The molecule has 4 aromatic heterocycles. The molecule has 114 valence electrons. The van der Waals surface area contributed by atoms with Gasteiger partial charge in [-0.25, -0.2) is 9.36 Å². The molecule has 4 rings (SSSR count). The highest BCUT2D eigenvalue weighted by Crippen LogP contribution is 2.10. The molecule has 0 N–H and O–H groups in total. The van der Waals surface area contributed by atoms with E-state index in [1.807, 2.05) is 42.7 Å². The number of hydrogen-bond donors (Lipinski definition) is 0. The molecule has 23 heavy (non-hydrogen) atoms. The Kier molecular flexibility index (Phi) is 4.90. The fraction of sp³-hybridized carbons (Fsp3) is 0. The fourth-order valence-corrected chi connectivity index (χ4v) is 2.13. The molecule has 0 aliphatic rings. The van der Waals surface area contributed by atoms with E-state index in [4.69, 9.17) is 0 Å². The third-order valence-corrected chi connectivity index (χ3v) is 3.29. The predicted molar refractivity (Wildman–Crippen MR) is 90.4 cm³/mol. The van der Waals surface area contributed by atoms with Crippen molar-refractivity contribution >= 4 is 15.9 Å². The van der Waals surface area contributed by atoms with Gasteiger partial charge in [0.05, 0.1) is 34.4 Å². The van der Waals surface area contributed by atoms with Gasteiger partial charge >= 0.3 is 0 Å². The van der Waals surface area contributed by atoms with Crippen LogP contribution in [0, 0.1) is 0 Å². The second-order valence-electron chi connectivity index (χ2n) is 4.48. The summed E-state index contributed by atoms with van der Waals surface area (Å²) in [4.78, 5) is 7.97. The maximum absolute atomic E-state index is 4.12. The van der Waals surface area contributed by atoms with Gasteiger partial charge in [0.15, 0.2) is 0 Å². The van der Waals surface area contributed by atoms with Gasteiger partial charge in [0.2, 0.25) is 0 Å². The first-order chi connectivity index (χ1) is 11.3. The predicted octanol–water partition coefficient (Wildman–Crippen LogP) is 3.30. The van der Waals surface area contributed by atoms with Gasteiger partial charge in [0.25, 0.3) is 0 Å². The summed E-state index contributed by atoms with van der Waals surface area (Å²) in [6.45, 7) is 0. The van der Waals surface area contributed by atoms with Crippen LogP contribution >= 0.6 is 15.9 Å². The Morgan fingerprint density at radius 3 is 1.91 bits per heavy atom. The van der Waals surface area contributed by atoms with Crippen LogP contribution in [0.15, 0.2) is 84.4 Å². The standard InChI is InChI=1S/C8H6BrN3.C8H7N3/c9-7-4-11-12(6-7)8-2-1-3-10-5-8;1-3-8(7-9-4-1)11-6-2-5-10-11/h1-6H;1-7H. The molecule has 4 heterocycles. The van der Waals surface area contributed by atoms with Crippen molar-refractivity contribution in [1.82, 2.24) is 29.5 Å². The minimum atomic E-state index is 0.961. The van der Waals surface area contributed by atoms with Gasteiger partial charge in [-0.1, -0.05) is 0 Å². The van der Waals surface area contributed by atoms with Crippen LogP contribution in [-0.2, 0) is 0 Å². The van der Waals surface area contributed by atoms with Crippen molar-refractivity contribution in [2.75, 3.05) is 0 Å². The molecular weight excluding hydrogens is 356 g/mol. The normalized spacial score (nSPS) is 9.96. The van der Waals surface area contributed by atoms with Gasteiger partial charge < -0.3 is 0 Å². The first-order valence-electron chi connectivity index (χ1n) is 6.83. The van der Waals surface area contributed by atoms with Crippen LogP contribution in [0.1, 0.15) is 0 Å². The van der Waals surface area contributed by atoms with Crippen LogP contribution in [0.4, 0.5) is 0 Å². The molecule has 0 aliphatic heterocycles. The molecule has 0 aromatic carbocycles. The van der Waals surface area contributed by atoms with Crippen molar-refractivity contribution < 1.29 is 0 Å². The van der Waals surface area contributed by atoms with Crippen molar-refractivity contribution in [2.24, 2.45) is 0 Å². The highest BCUT2D eigenvalue weighted by Gasteiger charge is 1.96. The van der Waals surface area contributed by atoms with Gasteiger partial charge in [0, 0.05) is 31.0 Å². The van der Waals surface area contributed by atoms with Crippen LogP contribution in [-0.4, -0.2) is 29.5 Å². The van der Waals surface area contributed by atoms with Crippen molar-refractivity contribution in [3.05, 3.63) is 84.4 Å². The van der Waals surface area contributed by atoms with Crippen LogP contribution in [0.5, 0.6) is 0 Å². The second kappa shape index (κ2) is 7.46. The SMILES string of the molecule is Brc1cnn(-c2cccnc2)c1.c1cncc(-n2cccn2)c1. The van der Waals surface area contributed by atoms with Crippen molar-refractivity contribution in [3.8, 4) is 11.4 Å². The minimum absolute atomic E-state index is 0.961. The van der Waals surface area contributed by atoms with Gasteiger partial charge in [-0.15, -0.1) is 0 Å². The highest BCUT2D eigenvalue weighted by atomic mass is 79.9. The third kappa shape index (κ3) is 4.10. The smallest absolute Gasteiger partial charge is 0.0829 e. The summed E-state index contributed by atoms with van der Waals surface area (Å²) in [5, 5.41) is 8.18. The quantitative estimate of drug-likeness (QED) is 0.544. The number of hydrogen-bond acceptors (Lipinski definition) is 4. The second-order valence-corrected chi connectivity index (χ2v) is 5.39. The zero-order chi connectivity index (χ0) is 15.9. The lowest BCUT2D eigenvalue weighted by atomic mass is 10.4. The third-order valence-electron chi connectivity index (χ3n) is 2.88. The molecule has 0 spiro atoms. The Bertz CT molecular complexity index is 827. The molecular formula is C16H13BrN6. The molecule has 0 unspecified atom stereocenters. The molecule has 0 saturated heterocycles. The molecule has 0 saturated carbocycles. The Labute approximate surface area is 141 Å². The summed E-state index contributed by atoms with van der Waals surface area (Å²) in [7, 11) is 0. The molecule has 0 fully saturated rings. The Morgan fingerprint density at radius 2 is 1.43 bits per heavy atom. The average molecular weight is 369 g/mol. The number of rotatable bonds is 2. The lowest BCUT2D eigenvalue weighted by Gasteiger charge is -1.97. The monoisotopic (exact) mass is 368 g/mol. The molecule has 4 aromatic rings. The van der Waals surface area contributed by atoms with E-state index in [-0.39, 0.29) is 0 Å². The van der Waals surface area contributed by atoms with E-state index < -0.39 is 0 Å². The number of halogens is 1. The summed E-state index contributed by atoms with van der Waals surface area (Å²) in [6.07, 6.45) is 14.3. The fourth-order valence-electron chi connectivity index (χ4n) is 1.84. The maximum Gasteiger partial charge on any atom is 0.0829 e. The number of nitrogens with zero attached hydrogens (tertiary/aromatic N) is 6. The molecule has 0 amide bonds. The summed E-state index contributed by atoms with van der Waals surface area (Å²) < 4.78 is 4.50. The number of pyridine rings is 2. The van der Waals surface area contributed by atoms with Gasteiger partial charge in [-0.3, -0.25) is 9.97 Å². The topological polar surface area (TPSA) is 61.4 Å². The van der Waals surface area contributed by atoms with Crippen molar-refractivity contribution in [2.45, 2.75) is 0 Å². The Balaban J connectivity index is 0.000000136. The molecule has 0 atom stereocenters. The molecule has 0 bridgehead atoms. The van der Waals surface area contributed by atoms with Crippen molar-refractivity contribution in [1.29, 1.82) is 0 Å². The molecule has 7 heteroatoms. The first kappa shape index (κ1) is 15.1. The lowest BCUT2D eigenvalue weighted by Crippen LogP contribution is -1.93. The van der Waals surface area contributed by atoms with E-state index in [1.165, 1.54) is 0 Å². The largest absolute Gasteiger partial charge is 0.262 e. The lowest BCUT2D eigenvalue weighted by molar-refractivity contribution is 0.874. The average Bonchev–Trinajstić information content (AvgIpc) is 3.29. The number of aromatic nitrogens is 6. The van der Waals surface area contributed by atoms with E-state index >= 15 is 0 Å². The summed E-state index contributed by atoms with van der Waals surface area (Å²) >= 11 is 3.33. The molecule has 0 radical (unpaired) electrons. The molecule has 6 nitrogen and oxygen atoms in total. The van der Waals surface area contributed by atoms with Crippen LogP contribution in [0.25, 0.3) is 11.4 Å². The summed E-state index contributed by atoms with van der Waals surface area (Å²) in [6, 6.07) is 9.56. The summed E-state index contributed by atoms with van der Waals surface area (Å²) in [5.74, 6) is 0. The van der Waals surface area contributed by atoms with E-state index in [9.17, 15) is 0 Å². The van der Waals surface area contributed by atoms with E-state index in [0.29, 0.717) is 0 Å². The van der Waals surface area contributed by atoms with E-state index in [1.54, 1.807) is 46.5 Å². The molecule has 0 aliphatic carbocycles.